The van der Waals surface area contributed by atoms with E-state index >= 15 is 0 Å². The molecular formula is C56H73ClN6O17S2. The Hall–Kier alpha value is -6.38. The molecule has 4 N–H and O–H groups in total. The van der Waals surface area contributed by atoms with Gasteiger partial charge in [0.2, 0.25) is 17.7 Å². The highest BCUT2D eigenvalue weighted by Gasteiger charge is 2.64. The van der Waals surface area contributed by atoms with E-state index < -0.39 is 94.1 Å². The first-order valence-corrected chi connectivity index (χ1v) is 29.3. The monoisotopic (exact) mass is 1200 g/mol. The molecule has 4 aliphatic heterocycles. The van der Waals surface area contributed by atoms with Gasteiger partial charge in [0.25, 0.3) is 11.8 Å². The highest BCUT2D eigenvalue weighted by molar-refractivity contribution is 8.77. The van der Waals surface area contributed by atoms with Gasteiger partial charge in [0, 0.05) is 81.4 Å². The summed E-state index contributed by atoms with van der Waals surface area (Å²) in [4.78, 5) is 111. The van der Waals surface area contributed by atoms with Gasteiger partial charge in [-0.2, -0.15) is 5.10 Å². The largest absolute Gasteiger partial charge is 0.507 e. The topological polar surface area (TPSA) is 291 Å². The molecule has 3 saturated heterocycles. The lowest BCUT2D eigenvalue weighted by molar-refractivity contribution is -0.197. The molecule has 8 atom stereocenters. The molecule has 82 heavy (non-hydrogen) atoms. The lowest BCUT2D eigenvalue weighted by Gasteiger charge is -2.42. The molecule has 2 aromatic rings. The first kappa shape index (κ1) is 64.8. The van der Waals surface area contributed by atoms with Crippen LogP contribution in [0.2, 0.25) is 5.02 Å². The number of rotatable bonds is 20. The molecule has 0 saturated carbocycles. The molecule has 0 unspecified atom stereocenters. The molecule has 0 spiro atoms. The van der Waals surface area contributed by atoms with Gasteiger partial charge in [0.05, 0.1) is 44.1 Å². The number of phenols is 1. The van der Waals surface area contributed by atoms with Crippen molar-refractivity contribution in [1.82, 2.24) is 20.7 Å². The Kier molecular flexibility index (Phi) is 22.0. The first-order chi connectivity index (χ1) is 38.6. The Bertz CT molecular complexity index is 2850. The number of alkyl carbamates (subject to hydrolysis) is 1. The minimum atomic E-state index is -1.88. The van der Waals surface area contributed by atoms with Gasteiger partial charge in [-0.3, -0.25) is 29.3 Å². The molecular weight excluding hydrogens is 1130 g/mol. The van der Waals surface area contributed by atoms with Crippen LogP contribution < -0.4 is 25.1 Å². The van der Waals surface area contributed by atoms with Gasteiger partial charge >= 0.3 is 18.0 Å². The molecule has 2 aromatic carbocycles. The van der Waals surface area contributed by atoms with Crippen molar-refractivity contribution in [2.24, 2.45) is 11.0 Å². The van der Waals surface area contributed by atoms with E-state index in [1.165, 1.54) is 65.6 Å². The lowest BCUT2D eigenvalue weighted by atomic mass is 9.83. The number of nitrogens with zero attached hydrogens (tertiary/aromatic N) is 4. The van der Waals surface area contributed by atoms with E-state index in [2.05, 4.69) is 15.8 Å². The van der Waals surface area contributed by atoms with E-state index in [4.69, 9.17) is 44.9 Å². The minimum absolute atomic E-state index is 0.00474. The normalized spacial score (nSPS) is 25.6. The zero-order chi connectivity index (χ0) is 60.4. The number of carbonyl (C=O) groups excluding carboxylic acids is 8. The number of esters is 1. The zero-order valence-corrected chi connectivity index (χ0v) is 50.3. The minimum Gasteiger partial charge on any atom is -0.507 e. The Balaban J connectivity index is 1.03. The van der Waals surface area contributed by atoms with E-state index in [-0.39, 0.29) is 74.7 Å². The number of methoxy groups -OCH3 is 2. The van der Waals surface area contributed by atoms with E-state index in [9.17, 15) is 48.6 Å². The predicted octanol–water partition coefficient (Wildman–Crippen LogP) is 6.47. The van der Waals surface area contributed by atoms with Crippen molar-refractivity contribution >= 4 is 92.2 Å². The van der Waals surface area contributed by atoms with Crippen molar-refractivity contribution in [2.45, 2.75) is 153 Å². The standard InChI is InChI=1S/C56H73ClN6O17S2/c1-31-14-12-15-42(75-11)56(73)29-41(77-53(72)58-56)32(2)51-55(7,79-51)43(28-48(69)62(9)38-25-35(24-31)26-40(74-10)50(38)57)78-52(71)34(4)61(8)45(66)21-23-81-82-54(5,6)30-44(65)60-59-33(3)37-18-17-36(27-39(37)64)76-22-13-16-49(70)80-63-46(67)19-20-47(63)68/h12,14-15,17-18,25-27,32,34,41-43,51,64,73H,13,16,19-24,28-30H2,1-11H3,(H,58,72)(H,60,65)/b15-12+,31-14+,59-33+/t32-,34+,41+,42-,43+,51+,55+,56+/m1/s1. The Morgan fingerprint density at radius 1 is 1.07 bits per heavy atom. The van der Waals surface area contributed by atoms with E-state index in [0.717, 1.165) is 11.1 Å². The number of imide groups is 1. The Morgan fingerprint density at radius 3 is 2.45 bits per heavy atom. The number of epoxide rings is 1. The second-order valence-corrected chi connectivity index (χ2v) is 24.9. The summed E-state index contributed by atoms with van der Waals surface area (Å²) >= 11 is 6.83. The maximum atomic E-state index is 14.4. The van der Waals surface area contributed by atoms with Crippen molar-refractivity contribution in [2.75, 3.05) is 45.6 Å². The number of hydrogen-bond donors (Lipinski definition) is 4. The van der Waals surface area contributed by atoms with Crippen LogP contribution in [0.15, 0.2) is 59.2 Å². The van der Waals surface area contributed by atoms with Crippen LogP contribution in [0, 0.1) is 5.92 Å². The van der Waals surface area contributed by atoms with Crippen LogP contribution in [0.3, 0.4) is 0 Å². The third-order valence-corrected chi connectivity index (χ3v) is 18.2. The third kappa shape index (κ3) is 16.5. The number of likely N-dealkylation sites (N-methyl/N-ethyl adjacent to an activating group) is 1. The number of nitrogens with one attached hydrogen (secondary N) is 2. The summed E-state index contributed by atoms with van der Waals surface area (Å²) in [6.45, 7) is 12.3. The van der Waals surface area contributed by atoms with E-state index in [1.807, 2.05) is 26.8 Å². The molecule has 4 aliphatic rings. The number of hydrazone groups is 1. The number of allylic oxidation sites excluding steroid dienone is 3. The summed E-state index contributed by atoms with van der Waals surface area (Å²) in [5.41, 5.74) is 1.98. The van der Waals surface area contributed by atoms with Crippen LogP contribution in [0.5, 0.6) is 17.2 Å². The molecule has 0 radical (unpaired) electrons. The molecule has 4 heterocycles. The fourth-order valence-electron chi connectivity index (χ4n) is 9.51. The number of hydrogen-bond acceptors (Lipinski definition) is 20. The van der Waals surface area contributed by atoms with Gasteiger partial charge < -0.3 is 53.3 Å². The van der Waals surface area contributed by atoms with Gasteiger partial charge in [-0.05, 0) is 84.2 Å². The highest BCUT2D eigenvalue weighted by atomic mass is 35.5. The number of phenolic OH excluding ortho intramolecular Hbond substituents is 1. The molecule has 23 nitrogen and oxygen atoms in total. The molecule has 0 aromatic heterocycles. The van der Waals surface area contributed by atoms with E-state index in [0.29, 0.717) is 45.7 Å². The maximum Gasteiger partial charge on any atom is 0.409 e. The highest BCUT2D eigenvalue weighted by Crippen LogP contribution is 2.49. The average molecular weight is 1200 g/mol. The number of anilines is 1. The number of amides is 6. The van der Waals surface area contributed by atoms with Crippen LogP contribution in [-0.4, -0.2) is 161 Å². The second-order valence-electron chi connectivity index (χ2n) is 21.4. The summed E-state index contributed by atoms with van der Waals surface area (Å²) in [5.74, 6) is -3.77. The van der Waals surface area contributed by atoms with Crippen LogP contribution in [0.25, 0.3) is 0 Å². The SMILES string of the molecule is COc1cc2cc(c1Cl)N(C)C(=O)C[C@H](OC(=O)[C@H](C)N(C)C(=O)CCSSC(C)(C)CC(=O)N/N=C(\C)c1ccc(OCCCC(=O)ON3C(=O)CCC3=O)cc1O)[C@]1(C)O[C@H]1[C@H](C)[C@@H]1C[C@@](O)(NC(=O)O1)[C@H](OC)/C=C/C=C(\C)C2. The number of benzene rings is 2. The van der Waals surface area contributed by atoms with Gasteiger partial charge in [-0.1, -0.05) is 63.9 Å². The van der Waals surface area contributed by atoms with Crippen molar-refractivity contribution in [3.8, 4) is 17.2 Å². The number of aromatic hydroxyl groups is 1. The van der Waals surface area contributed by atoms with Gasteiger partial charge in [-0.25, -0.2) is 19.8 Å². The van der Waals surface area contributed by atoms with Crippen LogP contribution in [-0.2, 0) is 63.8 Å². The van der Waals surface area contributed by atoms with Crippen LogP contribution >= 0.6 is 33.2 Å². The predicted molar refractivity (Wildman–Crippen MR) is 305 cm³/mol. The Labute approximate surface area is 489 Å². The fraction of sp³-hybridized carbons (Fsp3) is 0.554. The van der Waals surface area contributed by atoms with Crippen LogP contribution in [0.4, 0.5) is 10.5 Å². The maximum absolute atomic E-state index is 14.4. The summed E-state index contributed by atoms with van der Waals surface area (Å²) in [6, 6.07) is 6.92. The summed E-state index contributed by atoms with van der Waals surface area (Å²) in [5, 5.41) is 29.9. The fourth-order valence-corrected chi connectivity index (χ4v) is 12.3. The smallest absolute Gasteiger partial charge is 0.409 e. The Morgan fingerprint density at radius 2 is 1.78 bits per heavy atom. The summed E-state index contributed by atoms with van der Waals surface area (Å²) in [6.07, 6.45) is 0.539. The molecule has 4 bridgehead atoms. The molecule has 0 aliphatic carbocycles. The summed E-state index contributed by atoms with van der Waals surface area (Å²) in [7, 11) is 8.66. The molecule has 26 heteroatoms. The van der Waals surface area contributed by atoms with Gasteiger partial charge in [-0.15, -0.1) is 5.06 Å². The molecule has 6 rings (SSSR count). The van der Waals surface area contributed by atoms with Gasteiger partial charge in [0.15, 0.2) is 5.72 Å². The van der Waals surface area contributed by atoms with E-state index in [1.54, 1.807) is 64.2 Å². The number of aliphatic hydroxyl groups is 1. The van der Waals surface area contributed by atoms with Crippen LogP contribution in [0.1, 0.15) is 111 Å². The van der Waals surface area contributed by atoms with Crippen molar-refractivity contribution in [3.63, 3.8) is 0 Å². The van der Waals surface area contributed by atoms with Gasteiger partial charge in [0.1, 0.15) is 52.2 Å². The number of carbonyl (C=O) groups is 8. The molecule has 448 valence electrons. The average Bonchev–Trinajstić information content (AvgIpc) is 4.18. The summed E-state index contributed by atoms with van der Waals surface area (Å²) < 4.78 is 34.5. The number of halogens is 1. The van der Waals surface area contributed by atoms with Crippen molar-refractivity contribution < 1.29 is 81.8 Å². The number of ether oxygens (including phenoxy) is 6. The zero-order valence-electron chi connectivity index (χ0n) is 47.9. The van der Waals surface area contributed by atoms with Crippen molar-refractivity contribution in [1.29, 1.82) is 0 Å². The lowest BCUT2D eigenvalue weighted by Crippen LogP contribution is -2.63. The number of hydroxylamine groups is 2. The van der Waals surface area contributed by atoms with Crippen molar-refractivity contribution in [3.05, 3.63) is 70.3 Å². The molecule has 3 fully saturated rings. The first-order valence-electron chi connectivity index (χ1n) is 26.6. The number of fused-ring (bicyclic) bond motifs is 5. The second kappa shape index (κ2) is 27.8. The third-order valence-electron chi connectivity index (χ3n) is 14.5. The molecule has 6 amide bonds. The quantitative estimate of drug-likeness (QED) is 0.0210.